The number of esters is 1. The molecule has 320 valence electrons. The molecule has 11 N–H and O–H groups in total. The van der Waals surface area contributed by atoms with Crippen LogP contribution in [-0.4, -0.2) is 180 Å². The van der Waals surface area contributed by atoms with Crippen LogP contribution in [0.2, 0.25) is 0 Å². The number of aliphatic hydroxyl groups is 11. The Morgan fingerprint density at radius 2 is 1.21 bits per heavy atom. The summed E-state index contributed by atoms with van der Waals surface area (Å²) in [5.74, 6) is -0.591. The van der Waals surface area contributed by atoms with E-state index in [2.05, 4.69) is 13.5 Å². The number of hydrogen-bond acceptors (Lipinski definition) is 18. The fourth-order valence-corrected chi connectivity index (χ4v) is 12.0. The first-order chi connectivity index (χ1) is 26.4. The third-order valence-corrected chi connectivity index (χ3v) is 15.0. The molecule has 56 heavy (non-hydrogen) atoms. The molecule has 18 heteroatoms. The molecule has 7 rings (SSSR count). The van der Waals surface area contributed by atoms with Gasteiger partial charge in [-0.3, -0.25) is 4.79 Å². The minimum atomic E-state index is -1.81. The van der Waals surface area contributed by atoms with E-state index in [9.17, 15) is 61.0 Å². The lowest BCUT2D eigenvalue weighted by atomic mass is 9.41. The second-order valence-corrected chi connectivity index (χ2v) is 18.0. The Bertz CT molecular complexity index is 1450. The van der Waals surface area contributed by atoms with Crippen LogP contribution in [0.5, 0.6) is 0 Å². The van der Waals surface area contributed by atoms with Gasteiger partial charge < -0.3 is 84.6 Å². The van der Waals surface area contributed by atoms with Gasteiger partial charge in [0.05, 0.1) is 30.8 Å². The van der Waals surface area contributed by atoms with E-state index in [1.54, 1.807) is 0 Å². The summed E-state index contributed by atoms with van der Waals surface area (Å²) in [4.78, 5) is 14.1. The lowest BCUT2D eigenvalue weighted by molar-refractivity contribution is -0.378. The summed E-state index contributed by atoms with van der Waals surface area (Å²) in [5.41, 5.74) is -1.80. The first-order valence-electron chi connectivity index (χ1n) is 19.9. The lowest BCUT2D eigenvalue weighted by Gasteiger charge is -2.64. The van der Waals surface area contributed by atoms with Gasteiger partial charge in [-0.1, -0.05) is 19.9 Å². The van der Waals surface area contributed by atoms with Gasteiger partial charge in [-0.2, -0.15) is 0 Å². The van der Waals surface area contributed by atoms with Crippen molar-refractivity contribution in [1.82, 2.24) is 0 Å². The molecule has 0 radical (unpaired) electrons. The van der Waals surface area contributed by atoms with Crippen molar-refractivity contribution in [2.45, 2.75) is 169 Å². The van der Waals surface area contributed by atoms with E-state index < -0.39 is 129 Å². The van der Waals surface area contributed by atoms with Gasteiger partial charge in [-0.15, -0.1) is 0 Å². The van der Waals surface area contributed by atoms with Crippen molar-refractivity contribution in [3.05, 3.63) is 12.2 Å². The number of ether oxygens (including phenoxy) is 6. The fourth-order valence-electron chi connectivity index (χ4n) is 12.0. The van der Waals surface area contributed by atoms with Crippen molar-refractivity contribution in [1.29, 1.82) is 0 Å². The zero-order valence-electron chi connectivity index (χ0n) is 31.8. The molecular weight excluding hydrogens is 744 g/mol. The van der Waals surface area contributed by atoms with Crippen molar-refractivity contribution in [2.75, 3.05) is 19.8 Å². The van der Waals surface area contributed by atoms with E-state index in [1.165, 1.54) is 0 Å². The molecule has 18 nitrogen and oxygen atoms in total. The highest BCUT2D eigenvalue weighted by Crippen LogP contribution is 2.73. The third kappa shape index (κ3) is 6.69. The summed E-state index contributed by atoms with van der Waals surface area (Å²) >= 11 is 0. The highest BCUT2D eigenvalue weighted by atomic mass is 16.8. The van der Waals surface area contributed by atoms with Crippen LogP contribution in [0, 0.1) is 28.1 Å². The van der Waals surface area contributed by atoms with E-state index in [0.717, 1.165) is 18.4 Å². The second kappa shape index (κ2) is 15.6. The molecule has 0 aromatic heterocycles. The van der Waals surface area contributed by atoms with Crippen molar-refractivity contribution >= 4 is 5.97 Å². The van der Waals surface area contributed by atoms with E-state index in [-0.39, 0.29) is 22.7 Å². The van der Waals surface area contributed by atoms with E-state index in [0.29, 0.717) is 44.9 Å². The lowest BCUT2D eigenvalue weighted by Crippen LogP contribution is -2.65. The Balaban J connectivity index is 1.10. The summed E-state index contributed by atoms with van der Waals surface area (Å²) < 4.78 is 35.6. The normalized spacial score (nSPS) is 54.6. The Kier molecular flexibility index (Phi) is 11.9. The molecule has 0 aromatic carbocycles. The van der Waals surface area contributed by atoms with Gasteiger partial charge in [-0.25, -0.2) is 0 Å². The Morgan fingerprint density at radius 1 is 0.679 bits per heavy atom. The van der Waals surface area contributed by atoms with Gasteiger partial charge in [0, 0.05) is 0 Å². The quantitative estimate of drug-likeness (QED) is 0.0631. The van der Waals surface area contributed by atoms with E-state index in [4.69, 9.17) is 28.4 Å². The Morgan fingerprint density at radius 3 is 1.82 bits per heavy atom. The van der Waals surface area contributed by atoms with Crippen LogP contribution in [0.15, 0.2) is 12.2 Å². The maximum absolute atomic E-state index is 14.1. The molecular formula is C38H60O18. The Labute approximate surface area is 324 Å². The number of aliphatic hydroxyl groups excluding tert-OH is 11. The molecule has 21 atom stereocenters. The predicted octanol–water partition coefficient (Wildman–Crippen LogP) is -2.94. The second-order valence-electron chi connectivity index (χ2n) is 18.0. The van der Waals surface area contributed by atoms with Crippen LogP contribution in [0.1, 0.15) is 71.6 Å². The molecule has 4 saturated carbocycles. The minimum Gasteiger partial charge on any atom is -0.432 e. The first kappa shape index (κ1) is 42.7. The van der Waals surface area contributed by atoms with Gasteiger partial charge in [0.15, 0.2) is 12.6 Å². The maximum Gasteiger partial charge on any atom is 0.314 e. The van der Waals surface area contributed by atoms with Crippen LogP contribution in [0.4, 0.5) is 0 Å². The molecule has 1 spiro atoms. The van der Waals surface area contributed by atoms with Gasteiger partial charge >= 0.3 is 5.97 Å². The van der Waals surface area contributed by atoms with E-state index in [1.807, 2.05) is 6.92 Å². The van der Waals surface area contributed by atoms with E-state index >= 15 is 0 Å². The highest BCUT2D eigenvalue weighted by molar-refractivity contribution is 5.77. The number of carbonyl (C=O) groups excluding carboxylic acids is 1. The van der Waals surface area contributed by atoms with Crippen LogP contribution in [0.3, 0.4) is 0 Å². The van der Waals surface area contributed by atoms with Crippen molar-refractivity contribution < 1.29 is 89.4 Å². The highest BCUT2D eigenvalue weighted by Gasteiger charge is 2.69. The van der Waals surface area contributed by atoms with Crippen molar-refractivity contribution in [3.8, 4) is 0 Å². The minimum absolute atomic E-state index is 0.121. The van der Waals surface area contributed by atoms with Crippen LogP contribution >= 0.6 is 0 Å². The molecule has 3 heterocycles. The molecule has 7 fully saturated rings. The van der Waals surface area contributed by atoms with Gasteiger partial charge in [0.2, 0.25) is 6.29 Å². The SMILES string of the molecule is C=C1C[C@@]23CC[C@H]4[C@@](C)(CCC[C@@]4(C)C(=O)O[C@@H]4OC(CO)[C@@H](O)C(O)[C@@H]4O)[C@@H]2CC[C@]1(O[C@@H]1O[C@H](CO)C(O)C(O)[C@H]1O[C@@H]1O[C@@H](CO)[C@@H](O)C(O)C1O)C3. The summed E-state index contributed by atoms with van der Waals surface area (Å²) in [7, 11) is 0. The average Bonchev–Trinajstić information content (AvgIpc) is 3.37. The largest absolute Gasteiger partial charge is 0.432 e. The maximum atomic E-state index is 14.1. The summed E-state index contributed by atoms with van der Waals surface area (Å²) in [5, 5.41) is 114. The van der Waals surface area contributed by atoms with Crippen molar-refractivity contribution in [2.24, 2.45) is 28.1 Å². The van der Waals surface area contributed by atoms with Crippen LogP contribution in [-0.2, 0) is 33.2 Å². The first-order valence-corrected chi connectivity index (χ1v) is 19.9. The molecule has 0 amide bonds. The van der Waals surface area contributed by atoms with Crippen LogP contribution < -0.4 is 0 Å². The molecule has 3 aliphatic heterocycles. The average molecular weight is 805 g/mol. The van der Waals surface area contributed by atoms with Crippen LogP contribution in [0.25, 0.3) is 0 Å². The molecule has 4 aliphatic carbocycles. The molecule has 0 aromatic rings. The zero-order chi connectivity index (χ0) is 40.7. The summed E-state index contributed by atoms with van der Waals surface area (Å²) in [6.45, 7) is 6.52. The fraction of sp³-hybridized carbons (Fsp3) is 0.921. The monoisotopic (exact) mass is 804 g/mol. The van der Waals surface area contributed by atoms with Gasteiger partial charge in [0.25, 0.3) is 0 Å². The summed E-state index contributed by atoms with van der Waals surface area (Å²) in [6.07, 6.45) is -17.8. The van der Waals surface area contributed by atoms with Gasteiger partial charge in [0.1, 0.15) is 73.2 Å². The molecule has 3 saturated heterocycles. The predicted molar refractivity (Wildman–Crippen MR) is 186 cm³/mol. The van der Waals surface area contributed by atoms with Gasteiger partial charge in [-0.05, 0) is 86.5 Å². The van der Waals surface area contributed by atoms with Crippen molar-refractivity contribution in [3.63, 3.8) is 0 Å². The standard InChI is InChI=1S/C38H60O18/c1-16-11-37-9-5-20-35(2,7-4-8-36(20,3)34(50)55-32-29(49)26(46)23(43)18(13-40)52-32)21(37)6-10-38(16,15-37)56-33-30(27(47)24(44)19(14-41)53-33)54-31-28(48)25(45)22(42)17(12-39)51-31/h17-33,39-49H,1,4-15H2,2-3H3/t17-,18?,19+,20-,21-,22+,23+,24?,25?,26?,27?,28?,29-,30+,31-,32-,33-,35+,36+,37+,38-/m0/s1. The molecule has 6 unspecified atom stereocenters. The molecule has 7 aliphatic rings. The number of hydrogen-bond donors (Lipinski definition) is 11. The molecule has 2 bridgehead atoms. The number of fused-ring (bicyclic) bond motifs is 3. The zero-order valence-corrected chi connectivity index (χ0v) is 31.8. The third-order valence-electron chi connectivity index (χ3n) is 15.0. The number of carbonyl (C=O) groups is 1. The topological polar surface area (TPSA) is 295 Å². The summed E-state index contributed by atoms with van der Waals surface area (Å²) in [6, 6.07) is 0. The Hall–Kier alpha value is -1.43. The number of rotatable bonds is 9. The smallest absolute Gasteiger partial charge is 0.314 e.